The molecule has 5 nitrogen and oxygen atoms in total. The maximum Gasteiger partial charge on any atom is 0.407 e. The van der Waals surface area contributed by atoms with E-state index in [9.17, 15) is 9.59 Å². The molecular formula is C20H18N2O3. The van der Waals surface area contributed by atoms with E-state index in [1.54, 1.807) is 0 Å². The minimum atomic E-state index is -0.451. The Hall–Kier alpha value is -3.26. The van der Waals surface area contributed by atoms with Crippen LogP contribution in [-0.4, -0.2) is 18.5 Å². The number of hydrogen-bond donors (Lipinski definition) is 2. The summed E-state index contributed by atoms with van der Waals surface area (Å²) in [6, 6.07) is 15.2. The summed E-state index contributed by atoms with van der Waals surface area (Å²) >= 11 is 0. The topological polar surface area (TPSA) is 67.4 Å². The maximum absolute atomic E-state index is 11.6. The van der Waals surface area contributed by atoms with Crippen molar-refractivity contribution in [1.29, 1.82) is 0 Å². The molecule has 0 saturated heterocycles. The summed E-state index contributed by atoms with van der Waals surface area (Å²) in [7, 11) is 0. The van der Waals surface area contributed by atoms with Crippen molar-refractivity contribution in [3.63, 3.8) is 0 Å². The van der Waals surface area contributed by atoms with Crippen LogP contribution < -0.4 is 10.6 Å². The molecule has 2 aromatic rings. The number of benzene rings is 2. The lowest BCUT2D eigenvalue weighted by Gasteiger charge is -2.05. The zero-order chi connectivity index (χ0) is 17.5. The number of rotatable bonds is 4. The van der Waals surface area contributed by atoms with Crippen LogP contribution in [-0.2, 0) is 22.6 Å². The molecule has 126 valence electrons. The van der Waals surface area contributed by atoms with Crippen molar-refractivity contribution in [2.75, 3.05) is 11.9 Å². The number of fused-ring (bicyclic) bond motifs is 1. The number of carbonyl (C=O) groups excluding carboxylic acids is 2. The van der Waals surface area contributed by atoms with Gasteiger partial charge in [0.05, 0.1) is 6.42 Å². The van der Waals surface area contributed by atoms with E-state index in [2.05, 4.69) is 22.5 Å². The molecule has 0 radical (unpaired) electrons. The third-order valence-corrected chi connectivity index (χ3v) is 3.70. The highest BCUT2D eigenvalue weighted by Gasteiger charge is 2.16. The first-order valence-electron chi connectivity index (χ1n) is 8.07. The molecule has 0 bridgehead atoms. The second kappa shape index (κ2) is 8.02. The van der Waals surface area contributed by atoms with Gasteiger partial charge in [-0.1, -0.05) is 42.2 Å². The van der Waals surface area contributed by atoms with E-state index >= 15 is 0 Å². The molecule has 2 N–H and O–H groups in total. The molecule has 1 heterocycles. The Morgan fingerprint density at radius 1 is 1.20 bits per heavy atom. The van der Waals surface area contributed by atoms with Gasteiger partial charge in [-0.3, -0.25) is 4.79 Å². The van der Waals surface area contributed by atoms with E-state index in [0.717, 1.165) is 22.4 Å². The highest BCUT2D eigenvalue weighted by atomic mass is 16.5. The van der Waals surface area contributed by atoms with Crippen molar-refractivity contribution in [2.24, 2.45) is 0 Å². The van der Waals surface area contributed by atoms with Crippen molar-refractivity contribution < 1.29 is 14.3 Å². The predicted molar refractivity (Wildman–Crippen MR) is 94.9 cm³/mol. The largest absolute Gasteiger partial charge is 0.445 e. The van der Waals surface area contributed by atoms with E-state index < -0.39 is 6.09 Å². The Balaban J connectivity index is 1.39. The fourth-order valence-corrected chi connectivity index (χ4v) is 2.47. The minimum absolute atomic E-state index is 0.0123. The normalized spacial score (nSPS) is 11.8. The molecule has 0 aliphatic carbocycles. The van der Waals surface area contributed by atoms with Crippen molar-refractivity contribution in [2.45, 2.75) is 19.4 Å². The summed E-state index contributed by atoms with van der Waals surface area (Å²) in [6.45, 7) is 0.672. The van der Waals surface area contributed by atoms with Crippen molar-refractivity contribution >= 4 is 17.7 Å². The third kappa shape index (κ3) is 4.85. The average Bonchev–Trinajstić information content (AvgIpc) is 3.00. The lowest BCUT2D eigenvalue weighted by molar-refractivity contribution is -0.115. The van der Waals surface area contributed by atoms with Crippen LogP contribution in [0.5, 0.6) is 0 Å². The molecule has 1 aliphatic rings. The fourth-order valence-electron chi connectivity index (χ4n) is 2.47. The molecule has 2 aromatic carbocycles. The van der Waals surface area contributed by atoms with Gasteiger partial charge in [0.25, 0.3) is 0 Å². The molecule has 0 fully saturated rings. The lowest BCUT2D eigenvalue weighted by Crippen LogP contribution is -2.24. The molecule has 0 unspecified atom stereocenters. The first-order chi connectivity index (χ1) is 12.2. The quantitative estimate of drug-likeness (QED) is 0.667. The molecule has 1 aliphatic heterocycles. The van der Waals surface area contributed by atoms with E-state index in [1.165, 1.54) is 0 Å². The van der Waals surface area contributed by atoms with Crippen molar-refractivity contribution in [3.05, 3.63) is 65.2 Å². The maximum atomic E-state index is 11.6. The number of amides is 2. The fraction of sp³-hybridized carbons (Fsp3) is 0.200. The van der Waals surface area contributed by atoms with Gasteiger partial charge >= 0.3 is 6.09 Å². The zero-order valence-electron chi connectivity index (χ0n) is 13.7. The van der Waals surface area contributed by atoms with Gasteiger partial charge in [-0.25, -0.2) is 4.79 Å². The highest BCUT2D eigenvalue weighted by Crippen LogP contribution is 2.23. The van der Waals surface area contributed by atoms with Gasteiger partial charge in [0.1, 0.15) is 6.61 Å². The first kappa shape index (κ1) is 16.6. The van der Waals surface area contributed by atoms with Gasteiger partial charge in [0.15, 0.2) is 0 Å². The number of hydrogen-bond acceptors (Lipinski definition) is 3. The molecule has 0 aromatic heterocycles. The molecular weight excluding hydrogens is 316 g/mol. The van der Waals surface area contributed by atoms with Gasteiger partial charge in [-0.15, -0.1) is 0 Å². The van der Waals surface area contributed by atoms with Gasteiger partial charge in [0.2, 0.25) is 5.91 Å². The molecule has 0 atom stereocenters. The van der Waals surface area contributed by atoms with Crippen LogP contribution in [0.15, 0.2) is 48.5 Å². The van der Waals surface area contributed by atoms with Crippen LogP contribution >= 0.6 is 0 Å². The highest BCUT2D eigenvalue weighted by molar-refractivity contribution is 5.99. The Morgan fingerprint density at radius 3 is 2.88 bits per heavy atom. The van der Waals surface area contributed by atoms with Gasteiger partial charge in [-0.2, -0.15) is 0 Å². The predicted octanol–water partition coefficient (Wildman–Crippen LogP) is 2.85. The number of anilines is 1. The number of ether oxygens (including phenoxy) is 1. The second-order valence-corrected chi connectivity index (χ2v) is 5.64. The Morgan fingerprint density at radius 2 is 2.04 bits per heavy atom. The number of carbonyl (C=O) groups is 2. The Labute approximate surface area is 146 Å². The molecule has 0 spiro atoms. The third-order valence-electron chi connectivity index (χ3n) is 3.70. The monoisotopic (exact) mass is 334 g/mol. The summed E-state index contributed by atoms with van der Waals surface area (Å²) in [4.78, 5) is 22.9. The van der Waals surface area contributed by atoms with E-state index in [0.29, 0.717) is 19.4 Å². The molecule has 2 amide bonds. The van der Waals surface area contributed by atoms with Crippen molar-refractivity contribution in [1.82, 2.24) is 5.32 Å². The zero-order valence-corrected chi connectivity index (χ0v) is 13.7. The lowest BCUT2D eigenvalue weighted by atomic mass is 10.1. The summed E-state index contributed by atoms with van der Waals surface area (Å²) < 4.78 is 5.12. The van der Waals surface area contributed by atoms with Crippen LogP contribution in [0.4, 0.5) is 10.5 Å². The van der Waals surface area contributed by atoms with Crippen LogP contribution in [0.25, 0.3) is 0 Å². The summed E-state index contributed by atoms with van der Waals surface area (Å²) in [5.41, 5.74) is 3.64. The summed E-state index contributed by atoms with van der Waals surface area (Å²) in [6.07, 6.45) is 0.474. The van der Waals surface area contributed by atoms with E-state index in [4.69, 9.17) is 4.74 Å². The minimum Gasteiger partial charge on any atom is -0.445 e. The van der Waals surface area contributed by atoms with Gasteiger partial charge in [-0.05, 0) is 29.3 Å². The average molecular weight is 334 g/mol. The summed E-state index contributed by atoms with van der Waals surface area (Å²) in [5, 5.41) is 5.46. The molecule has 5 heteroatoms. The number of alkyl carbamates (subject to hydrolysis) is 1. The van der Waals surface area contributed by atoms with Crippen LogP contribution in [0.1, 0.15) is 23.1 Å². The van der Waals surface area contributed by atoms with Gasteiger partial charge < -0.3 is 15.4 Å². The standard InChI is InChI=1S/C20H18N2O3/c23-19-13-17-12-15(9-10-18(17)22-19)6-4-5-11-21-20(24)25-14-16-7-2-1-3-8-16/h1-3,7-10,12H,5,11,13-14H2,(H,21,24)(H,22,23). The van der Waals surface area contributed by atoms with Crippen molar-refractivity contribution in [3.8, 4) is 11.8 Å². The molecule has 25 heavy (non-hydrogen) atoms. The molecule has 0 saturated carbocycles. The summed E-state index contributed by atoms with van der Waals surface area (Å²) in [5.74, 6) is 6.06. The van der Waals surface area contributed by atoms with Gasteiger partial charge in [0, 0.05) is 24.2 Å². The Kier molecular flexibility index (Phi) is 5.32. The van der Waals surface area contributed by atoms with Crippen LogP contribution in [0.3, 0.4) is 0 Å². The van der Waals surface area contributed by atoms with Crippen LogP contribution in [0.2, 0.25) is 0 Å². The first-order valence-corrected chi connectivity index (χ1v) is 8.07. The molecule has 3 rings (SSSR count). The number of nitrogens with one attached hydrogen (secondary N) is 2. The smallest absolute Gasteiger partial charge is 0.407 e. The van der Waals surface area contributed by atoms with E-state index in [1.807, 2.05) is 48.5 Å². The Bertz CT molecular complexity index is 835. The van der Waals surface area contributed by atoms with Crippen LogP contribution in [0, 0.1) is 11.8 Å². The second-order valence-electron chi connectivity index (χ2n) is 5.64. The van der Waals surface area contributed by atoms with E-state index in [-0.39, 0.29) is 12.5 Å². The SMILES string of the molecule is O=C1Cc2cc(C#CCCNC(=O)OCc3ccccc3)ccc2N1.